The number of rotatable bonds is 4. The normalized spacial score (nSPS) is 20.2. The fourth-order valence-corrected chi connectivity index (χ4v) is 3.31. The fraction of sp³-hybridized carbons (Fsp3) is 0.733. The monoisotopic (exact) mass is 294 g/mol. The third kappa shape index (κ3) is 4.63. The van der Waals surface area contributed by atoms with E-state index in [0.29, 0.717) is 0 Å². The molecule has 0 aromatic carbocycles. The van der Waals surface area contributed by atoms with Crippen molar-refractivity contribution in [2.24, 2.45) is 0 Å². The molecule has 4 nitrogen and oxygen atoms in total. The van der Waals surface area contributed by atoms with Crippen molar-refractivity contribution in [2.75, 3.05) is 23.7 Å². The minimum Gasteiger partial charge on any atom is -0.353 e. The highest BCUT2D eigenvalue weighted by Gasteiger charge is 2.20. The van der Waals surface area contributed by atoms with Gasteiger partial charge in [-0.3, -0.25) is 4.98 Å². The van der Waals surface area contributed by atoms with Gasteiger partial charge in [0.15, 0.2) is 0 Å². The lowest BCUT2D eigenvalue weighted by Crippen LogP contribution is -2.38. The molecule has 1 atom stereocenters. The van der Waals surface area contributed by atoms with E-state index < -0.39 is 0 Å². The Labute approximate surface area is 126 Å². The van der Waals surface area contributed by atoms with Gasteiger partial charge in [-0.05, 0) is 27.2 Å². The van der Waals surface area contributed by atoms with Gasteiger partial charge in [0, 0.05) is 36.2 Å². The molecule has 2 heterocycles. The van der Waals surface area contributed by atoms with Gasteiger partial charge in [0.1, 0.15) is 5.82 Å². The summed E-state index contributed by atoms with van der Waals surface area (Å²) < 4.78 is 0. The summed E-state index contributed by atoms with van der Waals surface area (Å²) >= 11 is 2.08. The average Bonchev–Trinajstić information content (AvgIpc) is 2.45. The number of nitrogens with one attached hydrogen (secondary N) is 1. The third-order valence-electron chi connectivity index (χ3n) is 3.41. The van der Waals surface area contributed by atoms with Gasteiger partial charge < -0.3 is 10.2 Å². The predicted molar refractivity (Wildman–Crippen MR) is 87.4 cm³/mol. The Bertz CT molecular complexity index is 413. The van der Waals surface area contributed by atoms with Gasteiger partial charge in [-0.1, -0.05) is 6.92 Å². The molecule has 0 spiro atoms. The molecule has 1 unspecified atom stereocenters. The van der Waals surface area contributed by atoms with Crippen molar-refractivity contribution in [3.63, 3.8) is 0 Å². The van der Waals surface area contributed by atoms with E-state index in [9.17, 15) is 0 Å². The maximum atomic E-state index is 4.59. The maximum absolute atomic E-state index is 4.59. The molecular formula is C15H26N4S. The highest BCUT2D eigenvalue weighted by atomic mass is 32.2. The zero-order valence-electron chi connectivity index (χ0n) is 13.0. The largest absolute Gasteiger partial charge is 0.353 e. The molecule has 1 aliphatic heterocycles. The summed E-state index contributed by atoms with van der Waals surface area (Å²) in [6, 6.07) is 0. The molecule has 0 bridgehead atoms. The minimum absolute atomic E-state index is 0.110. The molecule has 1 aromatic heterocycles. The molecule has 5 heteroatoms. The Morgan fingerprint density at radius 2 is 2.15 bits per heavy atom. The number of aromatic nitrogens is 2. The smallest absolute Gasteiger partial charge is 0.147 e. The first kappa shape index (κ1) is 15.6. The zero-order valence-corrected chi connectivity index (χ0v) is 13.8. The summed E-state index contributed by atoms with van der Waals surface area (Å²) in [5.74, 6) is 2.20. The third-order valence-corrected chi connectivity index (χ3v) is 4.78. The van der Waals surface area contributed by atoms with Gasteiger partial charge in [0.05, 0.1) is 18.1 Å². The van der Waals surface area contributed by atoms with Crippen molar-refractivity contribution < 1.29 is 0 Å². The predicted octanol–water partition coefficient (Wildman–Crippen LogP) is 2.70. The lowest BCUT2D eigenvalue weighted by molar-refractivity contribution is 0.421. The Hall–Kier alpha value is -0.810. The van der Waals surface area contributed by atoms with Gasteiger partial charge in [0.25, 0.3) is 0 Å². The number of hydrogen-bond acceptors (Lipinski definition) is 5. The SMILES string of the molecule is CCC1CN(c2cnc(CNC(C)(C)C)cn2)CCS1. The molecule has 20 heavy (non-hydrogen) atoms. The van der Waals surface area contributed by atoms with Crippen molar-refractivity contribution in [2.45, 2.75) is 51.4 Å². The zero-order chi connectivity index (χ0) is 14.6. The molecule has 1 aliphatic rings. The lowest BCUT2D eigenvalue weighted by atomic mass is 10.1. The van der Waals surface area contributed by atoms with E-state index in [4.69, 9.17) is 0 Å². The van der Waals surface area contributed by atoms with Crippen LogP contribution in [0.2, 0.25) is 0 Å². The van der Waals surface area contributed by atoms with Gasteiger partial charge in [-0.2, -0.15) is 11.8 Å². The van der Waals surface area contributed by atoms with E-state index in [1.54, 1.807) is 0 Å². The molecule has 112 valence electrons. The summed E-state index contributed by atoms with van der Waals surface area (Å²) in [7, 11) is 0. The molecule has 1 fully saturated rings. The molecule has 0 radical (unpaired) electrons. The summed E-state index contributed by atoms with van der Waals surface area (Å²) in [5.41, 5.74) is 1.11. The van der Waals surface area contributed by atoms with Crippen LogP contribution in [0.3, 0.4) is 0 Å². The van der Waals surface area contributed by atoms with Gasteiger partial charge in [0.2, 0.25) is 0 Å². The quantitative estimate of drug-likeness (QED) is 0.924. The van der Waals surface area contributed by atoms with Gasteiger partial charge in [-0.25, -0.2) is 4.98 Å². The second kappa shape index (κ2) is 6.76. The molecule has 0 amide bonds. The average molecular weight is 294 g/mol. The number of anilines is 1. The van der Waals surface area contributed by atoms with Crippen LogP contribution in [0.5, 0.6) is 0 Å². The first-order valence-electron chi connectivity index (χ1n) is 7.40. The fourth-order valence-electron chi connectivity index (χ4n) is 2.13. The van der Waals surface area contributed by atoms with Crippen LogP contribution in [0, 0.1) is 0 Å². The maximum Gasteiger partial charge on any atom is 0.147 e. The van der Waals surface area contributed by atoms with Crippen LogP contribution in [-0.4, -0.2) is 39.6 Å². The van der Waals surface area contributed by atoms with Crippen molar-refractivity contribution in [1.82, 2.24) is 15.3 Å². The van der Waals surface area contributed by atoms with E-state index in [2.05, 4.69) is 59.6 Å². The second-order valence-corrected chi connectivity index (χ2v) is 7.72. The van der Waals surface area contributed by atoms with Gasteiger partial charge >= 0.3 is 0 Å². The Kier molecular flexibility index (Phi) is 5.27. The van der Waals surface area contributed by atoms with Crippen molar-refractivity contribution >= 4 is 17.6 Å². The standard InChI is InChI=1S/C15H26N4S/c1-5-13-11-19(6-7-20-13)14-10-16-12(8-17-14)9-18-15(2,3)4/h8,10,13,18H,5-7,9,11H2,1-4H3. The van der Waals surface area contributed by atoms with E-state index in [0.717, 1.165) is 36.4 Å². The van der Waals surface area contributed by atoms with Crippen molar-refractivity contribution in [3.8, 4) is 0 Å². The van der Waals surface area contributed by atoms with Crippen LogP contribution < -0.4 is 10.2 Å². The highest BCUT2D eigenvalue weighted by molar-refractivity contribution is 8.00. The van der Waals surface area contributed by atoms with Crippen LogP contribution >= 0.6 is 11.8 Å². The van der Waals surface area contributed by atoms with Crippen LogP contribution in [0.25, 0.3) is 0 Å². The first-order valence-corrected chi connectivity index (χ1v) is 8.45. The number of nitrogens with zero attached hydrogens (tertiary/aromatic N) is 3. The summed E-state index contributed by atoms with van der Waals surface area (Å²) in [4.78, 5) is 11.5. The molecular weight excluding hydrogens is 268 g/mol. The number of thioether (sulfide) groups is 1. The van der Waals surface area contributed by atoms with Crippen molar-refractivity contribution in [1.29, 1.82) is 0 Å². The van der Waals surface area contributed by atoms with E-state index >= 15 is 0 Å². The van der Waals surface area contributed by atoms with Crippen LogP contribution in [0.4, 0.5) is 5.82 Å². The molecule has 1 saturated heterocycles. The van der Waals surface area contributed by atoms with Crippen LogP contribution in [0.1, 0.15) is 39.8 Å². The Morgan fingerprint density at radius 1 is 1.35 bits per heavy atom. The van der Waals surface area contributed by atoms with Crippen LogP contribution in [-0.2, 0) is 6.54 Å². The molecule has 0 saturated carbocycles. The molecule has 0 aliphatic carbocycles. The summed E-state index contributed by atoms with van der Waals surface area (Å²) in [5, 5.41) is 4.16. The topological polar surface area (TPSA) is 41.1 Å². The summed E-state index contributed by atoms with van der Waals surface area (Å²) in [6.07, 6.45) is 5.04. The van der Waals surface area contributed by atoms with Crippen molar-refractivity contribution in [3.05, 3.63) is 18.1 Å². The minimum atomic E-state index is 0.110. The summed E-state index contributed by atoms with van der Waals surface area (Å²) in [6.45, 7) is 11.7. The van der Waals surface area contributed by atoms with Gasteiger partial charge in [-0.15, -0.1) is 0 Å². The highest BCUT2D eigenvalue weighted by Crippen LogP contribution is 2.24. The van der Waals surface area contributed by atoms with Crippen LogP contribution in [0.15, 0.2) is 12.4 Å². The first-order chi connectivity index (χ1) is 9.48. The lowest BCUT2D eigenvalue weighted by Gasteiger charge is -2.32. The molecule has 1 N–H and O–H groups in total. The Balaban J connectivity index is 1.94. The second-order valence-electron chi connectivity index (χ2n) is 6.32. The number of hydrogen-bond donors (Lipinski definition) is 1. The van der Waals surface area contributed by atoms with E-state index in [-0.39, 0.29) is 5.54 Å². The molecule has 2 rings (SSSR count). The van der Waals surface area contributed by atoms with E-state index in [1.165, 1.54) is 12.2 Å². The molecule has 1 aromatic rings. The Morgan fingerprint density at radius 3 is 2.75 bits per heavy atom. The van der Waals surface area contributed by atoms with E-state index in [1.807, 2.05) is 12.4 Å².